The summed E-state index contributed by atoms with van der Waals surface area (Å²) in [6.45, 7) is 6.16. The number of aliphatic hydroxyl groups is 1. The van der Waals surface area contributed by atoms with Crippen LogP contribution in [0.3, 0.4) is 0 Å². The lowest BCUT2D eigenvalue weighted by atomic mass is 10.1. The molecule has 0 saturated carbocycles. The molecule has 1 saturated heterocycles. The fraction of sp³-hybridized carbons (Fsp3) is 0.571. The van der Waals surface area contributed by atoms with Crippen LogP contribution in [-0.2, 0) is 0 Å². The van der Waals surface area contributed by atoms with Gasteiger partial charge in [-0.1, -0.05) is 17.7 Å². The lowest BCUT2D eigenvalue weighted by Crippen LogP contribution is -2.46. The Bertz CT molecular complexity index is 411. The fourth-order valence-electron chi connectivity index (χ4n) is 2.54. The number of nitrogens with one attached hydrogen (secondary N) is 1. The predicted octanol–water partition coefficient (Wildman–Crippen LogP) is 2.20. The van der Waals surface area contributed by atoms with Crippen molar-refractivity contribution in [3.05, 3.63) is 28.8 Å². The highest BCUT2D eigenvalue weighted by molar-refractivity contribution is 6.31. The number of aryl methyl sites for hydroxylation is 1. The molecular weight excluding hydrogens is 248 g/mol. The second kappa shape index (κ2) is 5.91. The maximum absolute atomic E-state index is 9.57. The second-order valence-electron chi connectivity index (χ2n) is 5.02. The van der Waals surface area contributed by atoms with Gasteiger partial charge in [0.15, 0.2) is 0 Å². The van der Waals surface area contributed by atoms with Crippen molar-refractivity contribution >= 4 is 17.3 Å². The van der Waals surface area contributed by atoms with E-state index in [0.29, 0.717) is 6.04 Å². The van der Waals surface area contributed by atoms with Crippen molar-refractivity contribution in [1.82, 2.24) is 5.32 Å². The Kier molecular flexibility index (Phi) is 4.49. The lowest BCUT2D eigenvalue weighted by Gasteiger charge is -2.35. The Morgan fingerprint density at radius 2 is 2.28 bits per heavy atom. The number of benzene rings is 1. The van der Waals surface area contributed by atoms with Crippen LogP contribution in [-0.4, -0.2) is 36.9 Å². The van der Waals surface area contributed by atoms with E-state index in [9.17, 15) is 5.11 Å². The van der Waals surface area contributed by atoms with E-state index in [0.717, 1.165) is 35.8 Å². The Labute approximate surface area is 114 Å². The van der Waals surface area contributed by atoms with Crippen molar-refractivity contribution in [3.63, 3.8) is 0 Å². The number of halogens is 1. The van der Waals surface area contributed by atoms with E-state index in [-0.39, 0.29) is 12.6 Å². The standard InChI is InChI=1S/C14H21ClN2O/c1-10-3-4-12(7-14(10)15)17-11(2)5-6-16-8-13(17)9-18/h3-4,7,11,13,16,18H,5-6,8-9H2,1-2H3. The molecule has 2 atom stereocenters. The van der Waals surface area contributed by atoms with Crippen LogP contribution in [0.25, 0.3) is 0 Å². The SMILES string of the molecule is Cc1ccc(N2C(C)CCNCC2CO)cc1Cl. The summed E-state index contributed by atoms with van der Waals surface area (Å²) in [4.78, 5) is 2.28. The van der Waals surface area contributed by atoms with Gasteiger partial charge in [-0.3, -0.25) is 0 Å². The number of hydrogen-bond donors (Lipinski definition) is 2. The summed E-state index contributed by atoms with van der Waals surface area (Å²) in [5, 5.41) is 13.7. The summed E-state index contributed by atoms with van der Waals surface area (Å²) in [5.41, 5.74) is 2.18. The van der Waals surface area contributed by atoms with Crippen LogP contribution in [0.5, 0.6) is 0 Å². The first-order chi connectivity index (χ1) is 8.63. The monoisotopic (exact) mass is 268 g/mol. The van der Waals surface area contributed by atoms with Crippen molar-refractivity contribution in [1.29, 1.82) is 0 Å². The van der Waals surface area contributed by atoms with Gasteiger partial charge in [0.1, 0.15) is 0 Å². The van der Waals surface area contributed by atoms with E-state index >= 15 is 0 Å². The third-order valence-electron chi connectivity index (χ3n) is 3.65. The van der Waals surface area contributed by atoms with Gasteiger partial charge in [-0.15, -0.1) is 0 Å². The number of hydrogen-bond acceptors (Lipinski definition) is 3. The van der Waals surface area contributed by atoms with Crippen LogP contribution in [0, 0.1) is 6.92 Å². The van der Waals surface area contributed by atoms with Crippen molar-refractivity contribution in [2.45, 2.75) is 32.4 Å². The molecule has 0 amide bonds. The van der Waals surface area contributed by atoms with Gasteiger partial charge in [0.05, 0.1) is 12.6 Å². The molecule has 0 aromatic heterocycles. The molecular formula is C14H21ClN2O. The molecule has 0 radical (unpaired) electrons. The lowest BCUT2D eigenvalue weighted by molar-refractivity contribution is 0.255. The number of anilines is 1. The van der Waals surface area contributed by atoms with Gasteiger partial charge < -0.3 is 15.3 Å². The summed E-state index contributed by atoms with van der Waals surface area (Å²) in [6, 6.07) is 6.64. The van der Waals surface area contributed by atoms with Crippen molar-refractivity contribution in [3.8, 4) is 0 Å². The molecule has 18 heavy (non-hydrogen) atoms. The van der Waals surface area contributed by atoms with Gasteiger partial charge in [0.25, 0.3) is 0 Å². The third-order valence-corrected chi connectivity index (χ3v) is 4.06. The maximum atomic E-state index is 9.57. The van der Waals surface area contributed by atoms with E-state index in [4.69, 9.17) is 11.6 Å². The molecule has 0 bridgehead atoms. The minimum atomic E-state index is 0.112. The summed E-state index contributed by atoms with van der Waals surface area (Å²) < 4.78 is 0. The molecule has 0 spiro atoms. The molecule has 1 aromatic carbocycles. The van der Waals surface area contributed by atoms with Crippen LogP contribution in [0.4, 0.5) is 5.69 Å². The topological polar surface area (TPSA) is 35.5 Å². The van der Waals surface area contributed by atoms with Crippen LogP contribution in [0.1, 0.15) is 18.9 Å². The van der Waals surface area contributed by atoms with E-state index in [2.05, 4.69) is 23.2 Å². The first-order valence-corrected chi connectivity index (χ1v) is 6.87. The van der Waals surface area contributed by atoms with Gasteiger partial charge in [0, 0.05) is 23.3 Å². The second-order valence-corrected chi connectivity index (χ2v) is 5.43. The zero-order valence-electron chi connectivity index (χ0n) is 11.0. The fourth-order valence-corrected chi connectivity index (χ4v) is 2.71. The first kappa shape index (κ1) is 13.7. The molecule has 1 aliphatic rings. The summed E-state index contributed by atoms with van der Waals surface area (Å²) in [7, 11) is 0. The maximum Gasteiger partial charge on any atom is 0.0648 e. The zero-order chi connectivity index (χ0) is 13.1. The molecule has 1 fully saturated rings. The van der Waals surface area contributed by atoms with E-state index in [1.165, 1.54) is 0 Å². The molecule has 2 rings (SSSR count). The predicted molar refractivity (Wildman–Crippen MR) is 76.5 cm³/mol. The minimum Gasteiger partial charge on any atom is -0.394 e. The van der Waals surface area contributed by atoms with Crippen LogP contribution >= 0.6 is 11.6 Å². The van der Waals surface area contributed by atoms with Gasteiger partial charge in [0.2, 0.25) is 0 Å². The Morgan fingerprint density at radius 3 is 2.94 bits per heavy atom. The first-order valence-electron chi connectivity index (χ1n) is 6.49. The molecule has 2 N–H and O–H groups in total. The molecule has 1 aromatic rings. The van der Waals surface area contributed by atoms with Gasteiger partial charge in [-0.2, -0.15) is 0 Å². The average Bonchev–Trinajstić information content (AvgIpc) is 2.54. The van der Waals surface area contributed by atoms with E-state index in [1.807, 2.05) is 19.1 Å². The Morgan fingerprint density at radius 1 is 1.50 bits per heavy atom. The molecule has 0 aliphatic carbocycles. The third kappa shape index (κ3) is 2.79. The van der Waals surface area contributed by atoms with Gasteiger partial charge >= 0.3 is 0 Å². The Balaban J connectivity index is 2.33. The van der Waals surface area contributed by atoms with Crippen LogP contribution in [0.15, 0.2) is 18.2 Å². The summed E-state index contributed by atoms with van der Waals surface area (Å²) in [6.07, 6.45) is 1.07. The highest BCUT2D eigenvalue weighted by Crippen LogP contribution is 2.27. The normalized spacial score (nSPS) is 25.0. The van der Waals surface area contributed by atoms with E-state index in [1.54, 1.807) is 0 Å². The van der Waals surface area contributed by atoms with Crippen LogP contribution < -0.4 is 10.2 Å². The quantitative estimate of drug-likeness (QED) is 0.863. The molecule has 100 valence electrons. The van der Waals surface area contributed by atoms with Crippen molar-refractivity contribution in [2.24, 2.45) is 0 Å². The highest BCUT2D eigenvalue weighted by atomic mass is 35.5. The molecule has 1 heterocycles. The summed E-state index contributed by atoms with van der Waals surface area (Å²) in [5.74, 6) is 0. The van der Waals surface area contributed by atoms with Crippen molar-refractivity contribution < 1.29 is 5.11 Å². The Hall–Kier alpha value is -0.770. The molecule has 2 unspecified atom stereocenters. The van der Waals surface area contributed by atoms with E-state index < -0.39 is 0 Å². The zero-order valence-corrected chi connectivity index (χ0v) is 11.7. The van der Waals surface area contributed by atoms with Gasteiger partial charge in [-0.05, 0) is 44.5 Å². The minimum absolute atomic E-state index is 0.112. The highest BCUT2D eigenvalue weighted by Gasteiger charge is 2.25. The number of nitrogens with zero attached hydrogens (tertiary/aromatic N) is 1. The van der Waals surface area contributed by atoms with Gasteiger partial charge in [-0.25, -0.2) is 0 Å². The van der Waals surface area contributed by atoms with Crippen LogP contribution in [0.2, 0.25) is 5.02 Å². The molecule has 3 nitrogen and oxygen atoms in total. The number of rotatable bonds is 2. The molecule has 4 heteroatoms. The average molecular weight is 269 g/mol. The molecule has 1 aliphatic heterocycles. The van der Waals surface area contributed by atoms with Crippen molar-refractivity contribution in [2.75, 3.05) is 24.6 Å². The smallest absolute Gasteiger partial charge is 0.0648 e. The number of aliphatic hydroxyl groups excluding tert-OH is 1. The largest absolute Gasteiger partial charge is 0.394 e. The summed E-state index contributed by atoms with van der Waals surface area (Å²) >= 11 is 6.21.